The topological polar surface area (TPSA) is 69.2 Å². The summed E-state index contributed by atoms with van der Waals surface area (Å²) >= 11 is 0. The Balaban J connectivity index is 1.96. The zero-order chi connectivity index (χ0) is 15.6. The Morgan fingerprint density at radius 1 is 1.48 bits per heavy atom. The number of aliphatic hydroxyl groups is 1. The quantitative estimate of drug-likeness (QED) is 0.898. The Labute approximate surface area is 126 Å². The molecule has 0 spiro atoms. The summed E-state index contributed by atoms with van der Waals surface area (Å²) in [5.41, 5.74) is 1.96. The van der Waals surface area contributed by atoms with Crippen molar-refractivity contribution in [3.63, 3.8) is 0 Å². The molecule has 5 nitrogen and oxygen atoms in total. The number of carbonyl (C=O) groups excluding carboxylic acids is 1. The predicted octanol–water partition coefficient (Wildman–Crippen LogP) is 2.22. The Hall–Kier alpha value is -1.36. The fourth-order valence-corrected chi connectivity index (χ4v) is 2.86. The van der Waals surface area contributed by atoms with E-state index in [4.69, 9.17) is 0 Å². The van der Waals surface area contributed by atoms with Crippen molar-refractivity contribution in [3.05, 3.63) is 17.5 Å². The van der Waals surface area contributed by atoms with Gasteiger partial charge in [-0.3, -0.25) is 9.89 Å². The molecule has 2 N–H and O–H groups in total. The van der Waals surface area contributed by atoms with Crippen LogP contribution in [0.1, 0.15) is 57.8 Å². The molecule has 2 atom stereocenters. The first-order valence-electron chi connectivity index (χ1n) is 7.75. The van der Waals surface area contributed by atoms with Crippen molar-refractivity contribution in [1.29, 1.82) is 0 Å². The number of aromatic nitrogens is 2. The van der Waals surface area contributed by atoms with E-state index in [1.54, 1.807) is 4.90 Å². The van der Waals surface area contributed by atoms with Crippen molar-refractivity contribution >= 4 is 5.91 Å². The third-order valence-electron chi connectivity index (χ3n) is 4.18. The molecule has 118 valence electrons. The molecule has 1 aliphatic rings. The van der Waals surface area contributed by atoms with Crippen molar-refractivity contribution < 1.29 is 9.90 Å². The normalized spacial score (nSPS) is 23.1. The Bertz CT molecular complexity index is 490. The molecule has 0 saturated heterocycles. The predicted molar refractivity (Wildman–Crippen MR) is 81.7 cm³/mol. The van der Waals surface area contributed by atoms with Crippen LogP contribution >= 0.6 is 0 Å². The number of hydrogen-bond donors (Lipinski definition) is 2. The Morgan fingerprint density at radius 2 is 2.19 bits per heavy atom. The van der Waals surface area contributed by atoms with Gasteiger partial charge in [0, 0.05) is 18.4 Å². The van der Waals surface area contributed by atoms with Crippen LogP contribution < -0.4 is 0 Å². The lowest BCUT2D eigenvalue weighted by atomic mass is 9.86. The van der Waals surface area contributed by atoms with Gasteiger partial charge in [0.15, 0.2) is 0 Å². The highest BCUT2D eigenvalue weighted by Gasteiger charge is 2.28. The zero-order valence-electron chi connectivity index (χ0n) is 13.5. The number of carbonyl (C=O) groups is 1. The van der Waals surface area contributed by atoms with Gasteiger partial charge in [0.2, 0.25) is 5.91 Å². The molecular formula is C16H27N3O2. The molecule has 21 heavy (non-hydrogen) atoms. The minimum absolute atomic E-state index is 0.00477. The summed E-state index contributed by atoms with van der Waals surface area (Å²) in [4.78, 5) is 14.2. The molecule has 1 amide bonds. The van der Waals surface area contributed by atoms with Crippen molar-refractivity contribution in [1.82, 2.24) is 15.1 Å². The van der Waals surface area contributed by atoms with E-state index in [0.717, 1.165) is 30.7 Å². The molecule has 0 bridgehead atoms. The van der Waals surface area contributed by atoms with Crippen LogP contribution in [0.2, 0.25) is 0 Å². The van der Waals surface area contributed by atoms with E-state index < -0.39 is 0 Å². The van der Waals surface area contributed by atoms with E-state index in [-0.39, 0.29) is 23.3 Å². The van der Waals surface area contributed by atoms with Gasteiger partial charge in [-0.15, -0.1) is 0 Å². The summed E-state index contributed by atoms with van der Waals surface area (Å²) in [6.45, 7) is 6.89. The summed E-state index contributed by atoms with van der Waals surface area (Å²) in [5, 5.41) is 17.0. The Kier molecular flexibility index (Phi) is 4.71. The second kappa shape index (κ2) is 6.18. The number of nitrogens with one attached hydrogen (secondary N) is 1. The molecule has 1 aliphatic carbocycles. The number of nitrogens with zero attached hydrogens (tertiary/aromatic N) is 2. The van der Waals surface area contributed by atoms with Crippen molar-refractivity contribution in [2.24, 2.45) is 5.92 Å². The van der Waals surface area contributed by atoms with Crippen LogP contribution in [0.5, 0.6) is 0 Å². The van der Waals surface area contributed by atoms with E-state index in [1.165, 1.54) is 0 Å². The van der Waals surface area contributed by atoms with Gasteiger partial charge in [-0.25, -0.2) is 0 Å². The minimum Gasteiger partial charge on any atom is -0.393 e. The standard InChI is InChI=1S/C16H27N3O2/c1-16(2,3)14-9-12(17-18-14)10-19(4)15(21)11-6-5-7-13(20)8-11/h9,11,13,20H,5-8,10H2,1-4H3,(H,17,18)/t11-,13-/m1/s1. The maximum Gasteiger partial charge on any atom is 0.225 e. The number of aromatic amines is 1. The molecule has 2 rings (SSSR count). The SMILES string of the molecule is CN(Cc1cc(C(C)(C)C)n[nH]1)C(=O)[C@@H]1CCC[C@@H](O)C1. The van der Waals surface area contributed by atoms with Gasteiger partial charge in [-0.2, -0.15) is 5.10 Å². The second-order valence-corrected chi connectivity index (χ2v) is 7.24. The van der Waals surface area contributed by atoms with Gasteiger partial charge in [-0.1, -0.05) is 27.2 Å². The van der Waals surface area contributed by atoms with Gasteiger partial charge in [0.05, 0.1) is 24.0 Å². The van der Waals surface area contributed by atoms with Gasteiger partial charge in [0.25, 0.3) is 0 Å². The molecule has 0 aromatic carbocycles. The highest BCUT2D eigenvalue weighted by atomic mass is 16.3. The smallest absolute Gasteiger partial charge is 0.225 e. The Morgan fingerprint density at radius 3 is 2.76 bits per heavy atom. The van der Waals surface area contributed by atoms with Crippen LogP contribution in [-0.4, -0.2) is 39.3 Å². The first-order chi connectivity index (χ1) is 9.77. The van der Waals surface area contributed by atoms with Crippen molar-refractivity contribution in [2.45, 2.75) is 64.5 Å². The third kappa shape index (κ3) is 4.06. The molecule has 0 aliphatic heterocycles. The lowest BCUT2D eigenvalue weighted by Gasteiger charge is -2.28. The average Bonchev–Trinajstić information content (AvgIpc) is 2.86. The zero-order valence-corrected chi connectivity index (χ0v) is 13.5. The van der Waals surface area contributed by atoms with E-state index in [2.05, 4.69) is 31.0 Å². The number of rotatable bonds is 3. The summed E-state index contributed by atoms with van der Waals surface area (Å²) in [6.07, 6.45) is 2.92. The van der Waals surface area contributed by atoms with Crippen LogP contribution in [0.3, 0.4) is 0 Å². The first kappa shape index (κ1) is 16.0. The van der Waals surface area contributed by atoms with Crippen LogP contribution in [0, 0.1) is 5.92 Å². The molecule has 0 radical (unpaired) electrons. The third-order valence-corrected chi connectivity index (χ3v) is 4.18. The summed E-state index contributed by atoms with van der Waals surface area (Å²) in [6, 6.07) is 2.03. The molecule has 1 heterocycles. The molecule has 1 fully saturated rings. The van der Waals surface area contributed by atoms with Crippen LogP contribution in [0.15, 0.2) is 6.07 Å². The average molecular weight is 293 g/mol. The lowest BCUT2D eigenvalue weighted by Crippen LogP contribution is -2.36. The van der Waals surface area contributed by atoms with Gasteiger partial charge >= 0.3 is 0 Å². The summed E-state index contributed by atoms with van der Waals surface area (Å²) in [5.74, 6) is 0.0874. The van der Waals surface area contributed by atoms with Gasteiger partial charge in [-0.05, 0) is 25.3 Å². The molecule has 1 aromatic rings. The van der Waals surface area contributed by atoms with Crippen LogP contribution in [-0.2, 0) is 16.8 Å². The molecule has 0 unspecified atom stereocenters. The highest BCUT2D eigenvalue weighted by molar-refractivity contribution is 5.78. The van der Waals surface area contributed by atoms with E-state index in [0.29, 0.717) is 13.0 Å². The van der Waals surface area contributed by atoms with Gasteiger partial charge < -0.3 is 10.0 Å². The van der Waals surface area contributed by atoms with E-state index in [9.17, 15) is 9.90 Å². The fourth-order valence-electron chi connectivity index (χ4n) is 2.86. The number of H-pyrrole nitrogens is 1. The fraction of sp³-hybridized carbons (Fsp3) is 0.750. The number of amides is 1. The number of hydrogen-bond acceptors (Lipinski definition) is 3. The second-order valence-electron chi connectivity index (χ2n) is 7.24. The van der Waals surface area contributed by atoms with E-state index >= 15 is 0 Å². The van der Waals surface area contributed by atoms with Crippen LogP contribution in [0.25, 0.3) is 0 Å². The molecular weight excluding hydrogens is 266 g/mol. The van der Waals surface area contributed by atoms with Crippen molar-refractivity contribution in [2.75, 3.05) is 7.05 Å². The lowest BCUT2D eigenvalue weighted by molar-refractivity contribution is -0.137. The maximum absolute atomic E-state index is 12.4. The van der Waals surface area contributed by atoms with Gasteiger partial charge in [0.1, 0.15) is 0 Å². The molecule has 5 heteroatoms. The van der Waals surface area contributed by atoms with E-state index in [1.807, 2.05) is 13.1 Å². The van der Waals surface area contributed by atoms with Crippen molar-refractivity contribution in [3.8, 4) is 0 Å². The minimum atomic E-state index is -0.319. The maximum atomic E-state index is 12.4. The highest BCUT2D eigenvalue weighted by Crippen LogP contribution is 2.26. The molecule has 1 aromatic heterocycles. The number of aliphatic hydroxyl groups excluding tert-OH is 1. The molecule has 1 saturated carbocycles. The largest absolute Gasteiger partial charge is 0.393 e. The van der Waals surface area contributed by atoms with Crippen LogP contribution in [0.4, 0.5) is 0 Å². The monoisotopic (exact) mass is 293 g/mol. The summed E-state index contributed by atoms with van der Waals surface area (Å²) < 4.78 is 0. The summed E-state index contributed by atoms with van der Waals surface area (Å²) in [7, 11) is 1.82. The first-order valence-corrected chi connectivity index (χ1v) is 7.75.